The quantitative estimate of drug-likeness (QED) is 0.117. The molecule has 18 atom stereocenters. The van der Waals surface area contributed by atoms with Crippen LogP contribution in [0.3, 0.4) is 0 Å². The summed E-state index contributed by atoms with van der Waals surface area (Å²) in [6.07, 6.45) is -5.33. The number of ether oxygens (including phenoxy) is 5. The SMILES string of the molecule is COC(=O)[C@H]1O[C@@H](O[C@H]2CC[C@@]3(C)[C@H](CC[C@]4(C)[C@@H]3CC=C3[C@@H]5CC(C)(C)CC[C@]5(C(=O)O[C@@H]5O[C@H](CO)[C@@H](O)[C@H](O)[C@H]5O)CC[C@]34C)C2(C)C)[C@H](O)[C@@H](O)[C@@H]1O. The number of hydrogen-bond donors (Lipinski definition) is 7. The second kappa shape index (κ2) is 14.7. The average molecular weight is 809 g/mol. The Bertz CT molecular complexity index is 1580. The normalized spacial score (nSPS) is 51.5. The Kier molecular flexibility index (Phi) is 11.2. The maximum absolute atomic E-state index is 14.6. The maximum Gasteiger partial charge on any atom is 0.337 e. The van der Waals surface area contributed by atoms with E-state index in [2.05, 4.69) is 54.5 Å². The molecule has 57 heavy (non-hydrogen) atoms. The van der Waals surface area contributed by atoms with Gasteiger partial charge in [0.05, 0.1) is 25.2 Å². The highest BCUT2D eigenvalue weighted by Crippen LogP contribution is 2.76. The predicted octanol–water partition coefficient (Wildman–Crippen LogP) is 2.50. The summed E-state index contributed by atoms with van der Waals surface area (Å²) < 4.78 is 28.7. The standard InChI is InChI=1S/C43H68O14/c1-38(2)15-17-43(37(52)57-35-31(49)28(46)27(45)23(20-44)54-35)18-16-41(6)21(22(43)19-38)9-10-25-40(5)13-12-26(39(3,4)24(40)11-14-42(25,41)7)55-36-32(50)29(47)30(48)33(56-36)34(51)53-8/h9,22-33,35-36,44-50H,10-20H2,1-8H3/t22-,23+,24+,25+,26-,27+,28-,29-,30-,31+,32+,33-,35-,36+,40-,41+,42+,43-/m0/s1. The summed E-state index contributed by atoms with van der Waals surface area (Å²) in [4.78, 5) is 27.0. The van der Waals surface area contributed by atoms with Crippen LogP contribution in [-0.2, 0) is 33.3 Å². The van der Waals surface area contributed by atoms with Crippen LogP contribution in [-0.4, -0.2) is 129 Å². The summed E-state index contributed by atoms with van der Waals surface area (Å²) in [6, 6.07) is 0. The Morgan fingerprint density at radius 2 is 1.40 bits per heavy atom. The Morgan fingerprint density at radius 3 is 2.07 bits per heavy atom. The van der Waals surface area contributed by atoms with E-state index in [4.69, 9.17) is 23.7 Å². The molecular formula is C43H68O14. The zero-order chi connectivity index (χ0) is 41.8. The van der Waals surface area contributed by atoms with Crippen molar-refractivity contribution < 1.29 is 69.0 Å². The van der Waals surface area contributed by atoms with Crippen LogP contribution in [0.15, 0.2) is 11.6 Å². The third-order valence-electron chi connectivity index (χ3n) is 17.4. The van der Waals surface area contributed by atoms with E-state index in [1.807, 2.05) is 0 Å². The number of allylic oxidation sites excluding steroid dienone is 2. The number of carbonyl (C=O) groups is 2. The Hall–Kier alpha value is -1.72. The van der Waals surface area contributed by atoms with Crippen molar-refractivity contribution in [3.05, 3.63) is 11.6 Å². The summed E-state index contributed by atoms with van der Waals surface area (Å²) in [5, 5.41) is 73.3. The molecule has 2 saturated heterocycles. The van der Waals surface area contributed by atoms with Gasteiger partial charge in [-0.2, -0.15) is 0 Å². The number of methoxy groups -OCH3 is 1. The molecule has 0 amide bonds. The molecule has 0 radical (unpaired) electrons. The van der Waals surface area contributed by atoms with Gasteiger partial charge in [-0.3, -0.25) is 4.79 Å². The molecule has 0 spiro atoms. The topological polar surface area (TPSA) is 222 Å². The van der Waals surface area contributed by atoms with Crippen LogP contribution in [0.4, 0.5) is 0 Å². The lowest BCUT2D eigenvalue weighted by Crippen LogP contribution is -2.66. The molecule has 4 saturated carbocycles. The van der Waals surface area contributed by atoms with Crippen molar-refractivity contribution in [1.29, 1.82) is 0 Å². The van der Waals surface area contributed by atoms with E-state index in [0.29, 0.717) is 25.2 Å². The van der Waals surface area contributed by atoms with Crippen LogP contribution in [0.2, 0.25) is 0 Å². The van der Waals surface area contributed by atoms with Gasteiger partial charge in [-0.1, -0.05) is 60.1 Å². The summed E-state index contributed by atoms with van der Waals surface area (Å²) in [5.74, 6) is -0.876. The fourth-order valence-corrected chi connectivity index (χ4v) is 13.7. The fourth-order valence-electron chi connectivity index (χ4n) is 13.7. The van der Waals surface area contributed by atoms with E-state index >= 15 is 0 Å². The highest BCUT2D eigenvalue weighted by atomic mass is 16.7. The summed E-state index contributed by atoms with van der Waals surface area (Å²) in [5.41, 5.74) is -0.351. The fraction of sp³-hybridized carbons (Fsp3) is 0.907. The van der Waals surface area contributed by atoms with Crippen LogP contribution in [0.5, 0.6) is 0 Å². The zero-order valence-corrected chi connectivity index (χ0v) is 34.9. The van der Waals surface area contributed by atoms with Crippen LogP contribution < -0.4 is 0 Å². The molecule has 14 heteroatoms. The maximum atomic E-state index is 14.6. The van der Waals surface area contributed by atoms with Crippen molar-refractivity contribution in [3.8, 4) is 0 Å². The molecule has 7 N–H and O–H groups in total. The first-order valence-corrected chi connectivity index (χ1v) is 21.2. The molecule has 7 aliphatic rings. The zero-order valence-electron chi connectivity index (χ0n) is 34.9. The van der Waals surface area contributed by atoms with Crippen LogP contribution >= 0.6 is 0 Å². The minimum Gasteiger partial charge on any atom is -0.467 e. The Balaban J connectivity index is 1.15. The van der Waals surface area contributed by atoms with Gasteiger partial charge < -0.3 is 59.4 Å². The molecule has 0 bridgehead atoms. The number of rotatable bonds is 6. The summed E-state index contributed by atoms with van der Waals surface area (Å²) >= 11 is 0. The van der Waals surface area contributed by atoms with Crippen molar-refractivity contribution in [3.63, 3.8) is 0 Å². The smallest absolute Gasteiger partial charge is 0.337 e. The van der Waals surface area contributed by atoms with Crippen LogP contribution in [0.25, 0.3) is 0 Å². The molecule has 7 rings (SSSR count). The molecule has 324 valence electrons. The molecule has 6 fully saturated rings. The molecule has 2 heterocycles. The second-order valence-electron chi connectivity index (χ2n) is 20.9. The van der Waals surface area contributed by atoms with Crippen molar-refractivity contribution in [1.82, 2.24) is 0 Å². The number of fused-ring (bicyclic) bond motifs is 7. The van der Waals surface area contributed by atoms with Crippen molar-refractivity contribution in [2.24, 2.45) is 50.2 Å². The van der Waals surface area contributed by atoms with Gasteiger partial charge >= 0.3 is 11.9 Å². The third kappa shape index (κ3) is 6.48. The van der Waals surface area contributed by atoms with E-state index in [9.17, 15) is 45.3 Å². The first-order valence-electron chi connectivity index (χ1n) is 21.2. The minimum absolute atomic E-state index is 0.0267. The number of esters is 2. The van der Waals surface area contributed by atoms with Gasteiger partial charge in [-0.05, 0) is 109 Å². The Labute approximate surface area is 336 Å². The van der Waals surface area contributed by atoms with Crippen molar-refractivity contribution in [2.75, 3.05) is 13.7 Å². The molecule has 14 nitrogen and oxygen atoms in total. The number of aliphatic hydroxyl groups excluding tert-OH is 7. The van der Waals surface area contributed by atoms with Gasteiger partial charge in [0.15, 0.2) is 12.4 Å². The van der Waals surface area contributed by atoms with Gasteiger partial charge in [0, 0.05) is 0 Å². The van der Waals surface area contributed by atoms with Crippen LogP contribution in [0.1, 0.15) is 113 Å². The van der Waals surface area contributed by atoms with E-state index < -0.39 is 85.4 Å². The van der Waals surface area contributed by atoms with E-state index in [1.165, 1.54) is 12.7 Å². The molecule has 5 aliphatic carbocycles. The van der Waals surface area contributed by atoms with Crippen LogP contribution in [0, 0.1) is 50.2 Å². The minimum atomic E-state index is -1.67. The Morgan fingerprint density at radius 1 is 0.754 bits per heavy atom. The van der Waals surface area contributed by atoms with Gasteiger partial charge in [-0.25, -0.2) is 4.79 Å². The third-order valence-corrected chi connectivity index (χ3v) is 17.4. The number of carbonyl (C=O) groups excluding carboxylic acids is 2. The van der Waals surface area contributed by atoms with Gasteiger partial charge in [-0.15, -0.1) is 0 Å². The number of hydrogen-bond acceptors (Lipinski definition) is 14. The predicted molar refractivity (Wildman–Crippen MR) is 202 cm³/mol. The lowest BCUT2D eigenvalue weighted by Gasteiger charge is -2.71. The monoisotopic (exact) mass is 808 g/mol. The lowest BCUT2D eigenvalue weighted by molar-refractivity contribution is -0.324. The second-order valence-corrected chi connectivity index (χ2v) is 20.9. The largest absolute Gasteiger partial charge is 0.467 e. The lowest BCUT2D eigenvalue weighted by atomic mass is 9.33. The molecule has 0 aromatic rings. The van der Waals surface area contributed by atoms with E-state index in [-0.39, 0.29) is 45.0 Å². The summed E-state index contributed by atoms with van der Waals surface area (Å²) in [7, 11) is 1.17. The van der Waals surface area contributed by atoms with E-state index in [0.717, 1.165) is 44.9 Å². The van der Waals surface area contributed by atoms with Gasteiger partial charge in [0.1, 0.15) is 42.7 Å². The first-order chi connectivity index (χ1) is 26.5. The van der Waals surface area contributed by atoms with Gasteiger partial charge in [0.2, 0.25) is 6.29 Å². The molecule has 0 aromatic heterocycles. The number of aliphatic hydroxyl groups is 7. The molecule has 0 aromatic carbocycles. The highest BCUT2D eigenvalue weighted by molar-refractivity contribution is 5.79. The average Bonchev–Trinajstić information content (AvgIpc) is 3.15. The van der Waals surface area contributed by atoms with Gasteiger partial charge in [0.25, 0.3) is 0 Å². The molecule has 0 unspecified atom stereocenters. The summed E-state index contributed by atoms with van der Waals surface area (Å²) in [6.45, 7) is 15.6. The molecule has 2 aliphatic heterocycles. The van der Waals surface area contributed by atoms with Crippen molar-refractivity contribution >= 4 is 11.9 Å². The highest BCUT2D eigenvalue weighted by Gasteiger charge is 2.70. The first kappa shape index (κ1) is 43.4. The van der Waals surface area contributed by atoms with E-state index in [1.54, 1.807) is 0 Å². The van der Waals surface area contributed by atoms with Crippen molar-refractivity contribution in [2.45, 2.75) is 180 Å². The molecular weight excluding hydrogens is 740 g/mol.